The molecule has 0 radical (unpaired) electrons. The van der Waals surface area contributed by atoms with E-state index in [1.54, 1.807) is 0 Å². The van der Waals surface area contributed by atoms with E-state index < -0.39 is 5.97 Å². The van der Waals surface area contributed by atoms with E-state index in [1.807, 2.05) is 0 Å². The largest absolute Gasteiger partial charge is 0.480 e. The van der Waals surface area contributed by atoms with Crippen LogP contribution in [0.1, 0.15) is 194 Å². The molecule has 0 saturated heterocycles. The fourth-order valence-corrected chi connectivity index (χ4v) is 5.46. The van der Waals surface area contributed by atoms with Crippen molar-refractivity contribution in [2.75, 3.05) is 6.54 Å². The minimum absolute atomic E-state index is 0.00406. The fraction of sp³-hybridized carbons (Fsp3) is 0.865. The summed E-state index contributed by atoms with van der Waals surface area (Å²) in [5, 5.41) is 11.0. The van der Waals surface area contributed by atoms with E-state index in [-0.39, 0.29) is 24.5 Å². The Morgan fingerprint density at radius 2 is 1.02 bits per heavy atom. The molecule has 0 bridgehead atoms. The fourth-order valence-electron chi connectivity index (χ4n) is 5.46. The number of carboxylic acid groups (broad SMARTS) is 1. The Balaban J connectivity index is 4.21. The Bertz CT molecular complexity index is 678. The quantitative estimate of drug-likeness (QED) is 0.0440. The summed E-state index contributed by atoms with van der Waals surface area (Å²) in [6, 6.07) is 0. The first-order chi connectivity index (χ1) is 21.0. The molecular weight excluding hydrogens is 538 g/mol. The monoisotopic (exact) mass is 608 g/mol. The third-order valence-electron chi connectivity index (χ3n) is 8.19. The molecule has 252 valence electrons. The van der Waals surface area contributed by atoms with Gasteiger partial charge in [0.2, 0.25) is 5.91 Å². The molecule has 0 aliphatic rings. The number of aliphatic carboxylic acids is 1. The number of carbonyl (C=O) groups is 3. The van der Waals surface area contributed by atoms with Gasteiger partial charge in [0.1, 0.15) is 12.6 Å². The van der Waals surface area contributed by atoms with Gasteiger partial charge in [0.25, 0.3) is 0 Å². The molecule has 1 atom stereocenters. The number of esters is 1. The highest BCUT2D eigenvalue weighted by Gasteiger charge is 2.14. The molecule has 1 amide bonds. The second-order valence-corrected chi connectivity index (χ2v) is 12.5. The number of carboxylic acids is 1. The Morgan fingerprint density at radius 3 is 1.58 bits per heavy atom. The molecule has 0 aromatic heterocycles. The smallest absolute Gasteiger partial charge is 0.322 e. The van der Waals surface area contributed by atoms with Gasteiger partial charge in [0.05, 0.1) is 0 Å². The highest BCUT2D eigenvalue weighted by atomic mass is 16.5. The van der Waals surface area contributed by atoms with Crippen LogP contribution in [0.25, 0.3) is 0 Å². The van der Waals surface area contributed by atoms with Crippen LogP contribution in [0.5, 0.6) is 0 Å². The second-order valence-electron chi connectivity index (χ2n) is 12.5. The van der Waals surface area contributed by atoms with Crippen molar-refractivity contribution in [2.45, 2.75) is 200 Å². The van der Waals surface area contributed by atoms with Gasteiger partial charge in [-0.05, 0) is 57.8 Å². The van der Waals surface area contributed by atoms with Gasteiger partial charge in [-0.2, -0.15) is 0 Å². The topological polar surface area (TPSA) is 92.7 Å². The van der Waals surface area contributed by atoms with Crippen LogP contribution in [0, 0.1) is 0 Å². The summed E-state index contributed by atoms with van der Waals surface area (Å²) in [5.74, 6) is -1.25. The molecule has 0 heterocycles. The predicted octanol–water partition coefficient (Wildman–Crippen LogP) is 10.6. The van der Waals surface area contributed by atoms with Crippen molar-refractivity contribution in [1.29, 1.82) is 0 Å². The molecule has 2 N–H and O–H groups in total. The van der Waals surface area contributed by atoms with Crippen LogP contribution >= 0.6 is 0 Å². The zero-order valence-electron chi connectivity index (χ0n) is 28.3. The number of rotatable bonds is 33. The van der Waals surface area contributed by atoms with Gasteiger partial charge in [-0.25, -0.2) is 0 Å². The minimum Gasteiger partial charge on any atom is -0.480 e. The van der Waals surface area contributed by atoms with Crippen LogP contribution < -0.4 is 5.32 Å². The van der Waals surface area contributed by atoms with Crippen LogP contribution in [0.15, 0.2) is 12.2 Å². The molecule has 0 fully saturated rings. The maximum Gasteiger partial charge on any atom is 0.322 e. The number of unbranched alkanes of at least 4 members (excludes halogenated alkanes) is 20. The summed E-state index contributed by atoms with van der Waals surface area (Å²) in [7, 11) is 0. The molecule has 0 aromatic carbocycles. The molecule has 6 heteroatoms. The highest BCUT2D eigenvalue weighted by Crippen LogP contribution is 2.18. The van der Waals surface area contributed by atoms with Crippen LogP contribution in [0.4, 0.5) is 0 Å². The zero-order chi connectivity index (χ0) is 31.6. The molecule has 0 aliphatic carbocycles. The maximum atomic E-state index is 12.6. The van der Waals surface area contributed by atoms with Gasteiger partial charge in [-0.1, -0.05) is 135 Å². The zero-order valence-corrected chi connectivity index (χ0v) is 28.3. The Hall–Kier alpha value is -1.85. The standard InChI is InChI=1S/C37H69NO5/c1-3-5-7-9-11-13-15-16-18-21-25-29-34(30-26-22-20-23-27-31-35(39)38-33-36(40)41)43-37(42)32-28-24-19-17-14-12-10-8-6-4-2/h16,18,34H,3-15,17,19-33H2,1-2H3,(H,38,39)(H,40,41)/b18-16-. The lowest BCUT2D eigenvalue weighted by Gasteiger charge is -2.18. The first kappa shape index (κ1) is 41.1. The number of allylic oxidation sites excluding steroid dienone is 2. The summed E-state index contributed by atoms with van der Waals surface area (Å²) in [6.07, 6.45) is 36.1. The molecular formula is C37H69NO5. The number of nitrogens with one attached hydrogen (secondary N) is 1. The summed E-state index contributed by atoms with van der Waals surface area (Å²) in [4.78, 5) is 34.8. The average Bonchev–Trinajstić information content (AvgIpc) is 2.99. The number of amides is 1. The van der Waals surface area contributed by atoms with E-state index in [2.05, 4.69) is 31.3 Å². The van der Waals surface area contributed by atoms with Crippen LogP contribution in [0.2, 0.25) is 0 Å². The Morgan fingerprint density at radius 1 is 0.581 bits per heavy atom. The van der Waals surface area contributed by atoms with Crippen LogP contribution in [-0.4, -0.2) is 35.6 Å². The van der Waals surface area contributed by atoms with E-state index in [4.69, 9.17) is 9.84 Å². The third kappa shape index (κ3) is 32.9. The van der Waals surface area contributed by atoms with Crippen LogP contribution in [0.3, 0.4) is 0 Å². The summed E-state index contributed by atoms with van der Waals surface area (Å²) >= 11 is 0. The van der Waals surface area contributed by atoms with Gasteiger partial charge in [-0.3, -0.25) is 14.4 Å². The maximum absolute atomic E-state index is 12.6. The highest BCUT2D eigenvalue weighted by molar-refractivity contribution is 5.80. The van der Waals surface area contributed by atoms with Gasteiger partial charge in [-0.15, -0.1) is 0 Å². The Kier molecular flexibility index (Phi) is 31.6. The van der Waals surface area contributed by atoms with Crippen molar-refractivity contribution < 1.29 is 24.2 Å². The van der Waals surface area contributed by atoms with E-state index >= 15 is 0 Å². The Labute approximate surface area is 265 Å². The number of carbonyl (C=O) groups excluding carboxylic acids is 2. The number of ether oxygens (including phenoxy) is 1. The molecule has 0 rings (SSSR count). The first-order valence-electron chi connectivity index (χ1n) is 18.3. The number of hydrogen-bond acceptors (Lipinski definition) is 4. The predicted molar refractivity (Wildman–Crippen MR) is 180 cm³/mol. The lowest BCUT2D eigenvalue weighted by atomic mass is 10.0. The van der Waals surface area contributed by atoms with Crippen molar-refractivity contribution in [1.82, 2.24) is 5.32 Å². The van der Waals surface area contributed by atoms with Crippen molar-refractivity contribution in [3.05, 3.63) is 12.2 Å². The normalized spacial score (nSPS) is 12.0. The second kappa shape index (κ2) is 33.1. The molecule has 0 saturated carbocycles. The third-order valence-corrected chi connectivity index (χ3v) is 8.19. The van der Waals surface area contributed by atoms with Gasteiger partial charge in [0.15, 0.2) is 0 Å². The van der Waals surface area contributed by atoms with Crippen LogP contribution in [-0.2, 0) is 19.1 Å². The van der Waals surface area contributed by atoms with Crippen molar-refractivity contribution in [3.8, 4) is 0 Å². The van der Waals surface area contributed by atoms with Gasteiger partial charge >= 0.3 is 11.9 Å². The summed E-state index contributed by atoms with van der Waals surface area (Å²) in [6.45, 7) is 4.20. The van der Waals surface area contributed by atoms with E-state index in [1.165, 1.54) is 96.3 Å². The molecule has 0 aromatic rings. The van der Waals surface area contributed by atoms with E-state index in [0.29, 0.717) is 12.8 Å². The number of hydrogen-bond donors (Lipinski definition) is 2. The molecule has 0 aliphatic heterocycles. The molecule has 0 spiro atoms. The van der Waals surface area contributed by atoms with Gasteiger partial charge < -0.3 is 15.2 Å². The van der Waals surface area contributed by atoms with E-state index in [0.717, 1.165) is 70.6 Å². The summed E-state index contributed by atoms with van der Waals surface area (Å²) in [5.41, 5.74) is 0. The van der Waals surface area contributed by atoms with Crippen molar-refractivity contribution >= 4 is 17.8 Å². The molecule has 43 heavy (non-hydrogen) atoms. The van der Waals surface area contributed by atoms with Crippen molar-refractivity contribution in [3.63, 3.8) is 0 Å². The van der Waals surface area contributed by atoms with Crippen molar-refractivity contribution in [2.24, 2.45) is 0 Å². The lowest BCUT2D eigenvalue weighted by molar-refractivity contribution is -0.150. The summed E-state index contributed by atoms with van der Waals surface area (Å²) < 4.78 is 5.97. The van der Waals surface area contributed by atoms with Gasteiger partial charge in [0, 0.05) is 12.8 Å². The average molecular weight is 608 g/mol. The SMILES string of the molecule is CCCCCCCC/C=C\CCCC(CCCCCCCC(=O)NCC(=O)O)OC(=O)CCCCCCCCCCCC. The lowest BCUT2D eigenvalue weighted by Crippen LogP contribution is -2.28. The first-order valence-corrected chi connectivity index (χ1v) is 18.3. The van der Waals surface area contributed by atoms with E-state index in [9.17, 15) is 14.4 Å². The molecule has 6 nitrogen and oxygen atoms in total. The minimum atomic E-state index is -1.02. The molecule has 1 unspecified atom stereocenters.